The number of carbonyl (C=O) groups excluding carboxylic acids is 4. The largest absolute Gasteiger partial charge is 0.460 e. The maximum Gasteiger partial charge on any atom is 0.414 e. The highest BCUT2D eigenvalue weighted by Gasteiger charge is 2.45. The lowest BCUT2D eigenvalue weighted by atomic mass is 9.86. The number of Topliss-reactive ketones (excluding diaryl/α,β-unsaturated/α-hetero) is 1. The van der Waals surface area contributed by atoms with E-state index in [1.165, 1.54) is 35.6 Å². The van der Waals surface area contributed by atoms with E-state index in [1.807, 2.05) is 0 Å². The van der Waals surface area contributed by atoms with Gasteiger partial charge in [-0.3, -0.25) is 29.7 Å². The van der Waals surface area contributed by atoms with Crippen LogP contribution in [-0.2, 0) is 20.7 Å². The van der Waals surface area contributed by atoms with Crippen LogP contribution in [0, 0.1) is 11.8 Å². The normalized spacial score (nSPS) is 17.5. The number of ether oxygens (including phenoxy) is 2. The number of nitrogens with zero attached hydrogens (tertiary/aromatic N) is 3. The lowest BCUT2D eigenvalue weighted by molar-refractivity contribution is -0.181. The second-order valence-corrected chi connectivity index (χ2v) is 13.3. The zero-order valence-corrected chi connectivity index (χ0v) is 26.5. The molecular formula is C32H37F3N4O7. The van der Waals surface area contributed by atoms with E-state index in [0.29, 0.717) is 17.5 Å². The minimum Gasteiger partial charge on any atom is -0.460 e. The fourth-order valence-electron chi connectivity index (χ4n) is 5.33. The Kier molecular flexibility index (Phi) is 9.78. The fourth-order valence-corrected chi connectivity index (χ4v) is 5.33. The summed E-state index contributed by atoms with van der Waals surface area (Å²) in [6.07, 6.45) is -1.63. The summed E-state index contributed by atoms with van der Waals surface area (Å²) in [7, 11) is 0. The lowest BCUT2D eigenvalue weighted by Gasteiger charge is -2.40. The lowest BCUT2D eigenvalue weighted by Crippen LogP contribution is -2.47. The number of anilines is 2. The van der Waals surface area contributed by atoms with Gasteiger partial charge in [0.1, 0.15) is 22.3 Å². The molecule has 0 bridgehead atoms. The Balaban J connectivity index is 1.66. The highest BCUT2D eigenvalue weighted by Crippen LogP contribution is 2.39. The average molecular weight is 647 g/mol. The average Bonchev–Trinajstić information content (AvgIpc) is 3.27. The third-order valence-corrected chi connectivity index (χ3v) is 7.02. The van der Waals surface area contributed by atoms with Crippen molar-refractivity contribution in [3.63, 3.8) is 0 Å². The minimum atomic E-state index is -4.52. The molecular weight excluding hydrogens is 609 g/mol. The van der Waals surface area contributed by atoms with Crippen molar-refractivity contribution in [3.05, 3.63) is 47.4 Å². The number of ketones is 1. The van der Waals surface area contributed by atoms with Crippen molar-refractivity contribution >= 4 is 46.8 Å². The van der Waals surface area contributed by atoms with Crippen LogP contribution < -0.4 is 10.2 Å². The molecule has 0 radical (unpaired) electrons. The number of alkyl halides is 3. The molecule has 11 nitrogen and oxygen atoms in total. The molecule has 1 saturated heterocycles. The first kappa shape index (κ1) is 34.4. The number of pyridine rings is 2. The predicted octanol–water partition coefficient (Wildman–Crippen LogP) is 6.54. The van der Waals surface area contributed by atoms with Gasteiger partial charge in [-0.1, -0.05) is 0 Å². The summed E-state index contributed by atoms with van der Waals surface area (Å²) in [5.41, 5.74) is -0.806. The molecule has 0 spiro atoms. The number of nitrogens with one attached hydrogen (secondary N) is 1. The van der Waals surface area contributed by atoms with Crippen LogP contribution in [0.2, 0.25) is 0 Å². The number of fused-ring (bicyclic) bond motifs is 1. The molecule has 0 aromatic carbocycles. The molecule has 3 aromatic heterocycles. The Morgan fingerprint density at radius 3 is 2.39 bits per heavy atom. The van der Waals surface area contributed by atoms with E-state index in [1.54, 1.807) is 41.5 Å². The topological polar surface area (TPSA) is 141 Å². The standard InChI is InChI=1S/C32H37F3N4O7/c1-30(2,3)45-25(42)11-18-9-21(32(33,34)35)16-39(15-18)22-7-8-36-14-20(22)12-23(41)26-27-24(10-19(17-40)13-37-27)44-28(26)38-29(43)46-31(4,5)6/h7-8,10,13-14,17-18,21H,9,11-12,15-16H2,1-6H3,(H,38,43)/t18-,21-/m1/s1. The van der Waals surface area contributed by atoms with E-state index in [4.69, 9.17) is 13.9 Å². The van der Waals surface area contributed by atoms with Crippen molar-refractivity contribution in [2.24, 2.45) is 11.8 Å². The predicted molar refractivity (Wildman–Crippen MR) is 162 cm³/mol. The molecule has 0 unspecified atom stereocenters. The number of piperidine rings is 1. The molecule has 248 valence electrons. The van der Waals surface area contributed by atoms with Crippen molar-refractivity contribution in [2.75, 3.05) is 23.3 Å². The minimum absolute atomic E-state index is 0.0550. The summed E-state index contributed by atoms with van der Waals surface area (Å²) < 4.78 is 58.6. The van der Waals surface area contributed by atoms with Gasteiger partial charge in [-0.25, -0.2) is 4.79 Å². The molecule has 0 aliphatic carbocycles. The van der Waals surface area contributed by atoms with Gasteiger partial charge >= 0.3 is 18.2 Å². The molecule has 1 N–H and O–H groups in total. The van der Waals surface area contributed by atoms with E-state index in [0.717, 1.165) is 0 Å². The van der Waals surface area contributed by atoms with Crippen LogP contribution in [0.5, 0.6) is 0 Å². The Morgan fingerprint density at radius 1 is 1.07 bits per heavy atom. The van der Waals surface area contributed by atoms with Crippen molar-refractivity contribution in [1.82, 2.24) is 9.97 Å². The van der Waals surface area contributed by atoms with Crippen LogP contribution in [0.25, 0.3) is 11.1 Å². The first-order chi connectivity index (χ1) is 21.3. The Morgan fingerprint density at radius 2 is 1.76 bits per heavy atom. The van der Waals surface area contributed by atoms with Crippen LogP contribution in [0.3, 0.4) is 0 Å². The van der Waals surface area contributed by atoms with Crippen molar-refractivity contribution < 1.29 is 46.2 Å². The molecule has 4 rings (SSSR count). The number of hydrogen-bond acceptors (Lipinski definition) is 10. The van der Waals surface area contributed by atoms with Crippen LogP contribution in [0.1, 0.15) is 80.7 Å². The molecule has 14 heteroatoms. The molecule has 2 atom stereocenters. The third-order valence-electron chi connectivity index (χ3n) is 7.02. The molecule has 1 aliphatic heterocycles. The molecule has 3 aromatic rings. The van der Waals surface area contributed by atoms with Crippen LogP contribution in [0.15, 0.2) is 35.1 Å². The monoisotopic (exact) mass is 646 g/mol. The van der Waals surface area contributed by atoms with E-state index in [2.05, 4.69) is 15.3 Å². The highest BCUT2D eigenvalue weighted by molar-refractivity contribution is 6.13. The number of carbonyl (C=O) groups is 4. The fraction of sp³-hybridized carbons (Fsp3) is 0.500. The third kappa shape index (κ3) is 8.82. The summed E-state index contributed by atoms with van der Waals surface area (Å²) in [5, 5.41) is 2.43. The van der Waals surface area contributed by atoms with Gasteiger partial charge in [0.2, 0.25) is 5.88 Å². The number of hydrogen-bond donors (Lipinski definition) is 1. The number of amides is 1. The summed E-state index contributed by atoms with van der Waals surface area (Å²) in [6.45, 7) is 9.76. The zero-order chi connectivity index (χ0) is 34.0. The van der Waals surface area contributed by atoms with E-state index >= 15 is 0 Å². The summed E-state index contributed by atoms with van der Waals surface area (Å²) in [6, 6.07) is 2.88. The van der Waals surface area contributed by atoms with Gasteiger partial charge in [-0.2, -0.15) is 13.2 Å². The van der Waals surface area contributed by atoms with Crippen molar-refractivity contribution in [1.29, 1.82) is 0 Å². The first-order valence-electron chi connectivity index (χ1n) is 14.7. The van der Waals surface area contributed by atoms with E-state index < -0.39 is 47.1 Å². The summed E-state index contributed by atoms with van der Waals surface area (Å²) >= 11 is 0. The quantitative estimate of drug-likeness (QED) is 0.163. The second kappa shape index (κ2) is 13.1. The van der Waals surface area contributed by atoms with Crippen LogP contribution >= 0.6 is 0 Å². The highest BCUT2D eigenvalue weighted by atomic mass is 19.4. The maximum absolute atomic E-state index is 14.1. The van der Waals surface area contributed by atoms with Crippen molar-refractivity contribution in [3.8, 4) is 0 Å². The molecule has 1 aliphatic rings. The summed E-state index contributed by atoms with van der Waals surface area (Å²) in [5.74, 6) is -3.81. The van der Waals surface area contributed by atoms with E-state index in [-0.39, 0.29) is 60.5 Å². The first-order valence-corrected chi connectivity index (χ1v) is 14.7. The molecule has 0 saturated carbocycles. The van der Waals surface area contributed by atoms with Crippen molar-refractivity contribution in [2.45, 2.75) is 78.2 Å². The zero-order valence-electron chi connectivity index (χ0n) is 26.5. The smallest absolute Gasteiger partial charge is 0.414 e. The van der Waals surface area contributed by atoms with Gasteiger partial charge in [0.15, 0.2) is 17.7 Å². The molecule has 1 fully saturated rings. The maximum atomic E-state index is 14.1. The number of aromatic nitrogens is 2. The van der Waals surface area contributed by atoms with Gasteiger partial charge in [0, 0.05) is 54.9 Å². The number of halogens is 3. The van der Waals surface area contributed by atoms with Crippen LogP contribution in [-0.4, -0.2) is 64.6 Å². The van der Waals surface area contributed by atoms with Gasteiger partial charge in [-0.05, 0) is 66.0 Å². The number of aldehydes is 1. The summed E-state index contributed by atoms with van der Waals surface area (Å²) in [4.78, 5) is 60.2. The SMILES string of the molecule is CC(C)(C)OC(=O)C[C@H]1C[C@@H](C(F)(F)F)CN(c2ccncc2CC(=O)c2c(NC(=O)OC(C)(C)C)oc3cc(C=O)cnc23)C1. The molecule has 4 heterocycles. The molecule has 1 amide bonds. The number of esters is 1. The number of furan rings is 1. The van der Waals surface area contributed by atoms with Gasteiger partial charge in [0.05, 0.1) is 12.3 Å². The Hall–Kier alpha value is -4.49. The van der Waals surface area contributed by atoms with Crippen LogP contribution in [0.4, 0.5) is 29.5 Å². The van der Waals surface area contributed by atoms with E-state index in [9.17, 15) is 32.3 Å². The Bertz CT molecular complexity index is 1620. The van der Waals surface area contributed by atoms with Gasteiger partial charge in [0.25, 0.3) is 0 Å². The van der Waals surface area contributed by atoms with Gasteiger partial charge in [-0.15, -0.1) is 0 Å². The number of rotatable bonds is 8. The Labute approximate surface area is 263 Å². The van der Waals surface area contributed by atoms with Gasteiger partial charge < -0.3 is 18.8 Å². The molecule has 46 heavy (non-hydrogen) atoms. The second-order valence-electron chi connectivity index (χ2n) is 13.3.